The summed E-state index contributed by atoms with van der Waals surface area (Å²) in [4.78, 5) is 2.39. The van der Waals surface area contributed by atoms with Crippen LogP contribution in [0.3, 0.4) is 0 Å². The first-order valence-corrected chi connectivity index (χ1v) is 7.36. The van der Waals surface area contributed by atoms with Crippen LogP contribution in [0.1, 0.15) is 15.8 Å². The lowest BCUT2D eigenvalue weighted by Crippen LogP contribution is -2.12. The second kappa shape index (κ2) is 5.31. The summed E-state index contributed by atoms with van der Waals surface area (Å²) >= 11 is 6.90. The minimum absolute atomic E-state index is 0.00454. The van der Waals surface area contributed by atoms with E-state index in [1.807, 2.05) is 11.4 Å². The molecule has 86 valence electrons. The molecule has 2 N–H and O–H groups in total. The second-order valence-corrected chi connectivity index (χ2v) is 6.16. The monoisotopic (exact) mass is 317 g/mol. The highest BCUT2D eigenvalue weighted by Crippen LogP contribution is 2.34. The van der Waals surface area contributed by atoms with Gasteiger partial charge in [0.05, 0.1) is 12.0 Å². The van der Waals surface area contributed by atoms with Crippen LogP contribution in [0, 0.1) is 0 Å². The maximum Gasteiger partial charge on any atom is 0.134 e. The van der Waals surface area contributed by atoms with Gasteiger partial charge in [-0.15, -0.1) is 22.7 Å². The Bertz CT molecular complexity index is 466. The Balaban J connectivity index is 2.14. The number of rotatable bonds is 4. The summed E-state index contributed by atoms with van der Waals surface area (Å²) in [5, 5.41) is 4.08. The maximum atomic E-state index is 6.19. The van der Waals surface area contributed by atoms with E-state index < -0.39 is 0 Å². The number of methoxy groups -OCH3 is 1. The van der Waals surface area contributed by atoms with E-state index in [1.165, 1.54) is 4.88 Å². The van der Waals surface area contributed by atoms with E-state index in [0.29, 0.717) is 0 Å². The fourth-order valence-electron chi connectivity index (χ4n) is 1.51. The zero-order valence-corrected chi connectivity index (χ0v) is 12.0. The Kier molecular flexibility index (Phi) is 4.02. The lowest BCUT2D eigenvalue weighted by molar-refractivity contribution is 0.409. The number of ether oxygens (including phenoxy) is 1. The molecule has 0 bridgehead atoms. The normalized spacial score (nSPS) is 12.7. The van der Waals surface area contributed by atoms with Crippen molar-refractivity contribution in [2.24, 2.45) is 5.73 Å². The van der Waals surface area contributed by atoms with Gasteiger partial charge in [0.25, 0.3) is 0 Å². The van der Waals surface area contributed by atoms with E-state index in [0.717, 1.165) is 21.5 Å². The van der Waals surface area contributed by atoms with Gasteiger partial charge in [-0.25, -0.2) is 0 Å². The third-order valence-corrected chi connectivity index (χ3v) is 5.29. The molecule has 2 nitrogen and oxygen atoms in total. The van der Waals surface area contributed by atoms with Gasteiger partial charge in [0, 0.05) is 21.8 Å². The van der Waals surface area contributed by atoms with Crippen molar-refractivity contribution >= 4 is 38.6 Å². The molecule has 2 rings (SSSR count). The topological polar surface area (TPSA) is 35.2 Å². The van der Waals surface area contributed by atoms with Crippen LogP contribution in [0.2, 0.25) is 0 Å². The predicted octanol–water partition coefficient (Wildman–Crippen LogP) is 3.82. The van der Waals surface area contributed by atoms with E-state index in [9.17, 15) is 0 Å². The highest BCUT2D eigenvalue weighted by molar-refractivity contribution is 9.10. The molecule has 0 radical (unpaired) electrons. The van der Waals surface area contributed by atoms with Crippen molar-refractivity contribution in [1.29, 1.82) is 0 Å². The van der Waals surface area contributed by atoms with Crippen LogP contribution in [0.4, 0.5) is 0 Å². The first-order chi connectivity index (χ1) is 7.72. The van der Waals surface area contributed by atoms with E-state index in [4.69, 9.17) is 10.5 Å². The Morgan fingerprint density at radius 2 is 2.12 bits per heavy atom. The molecule has 0 aliphatic heterocycles. The van der Waals surface area contributed by atoms with Crippen LogP contribution in [0.5, 0.6) is 5.75 Å². The largest absolute Gasteiger partial charge is 0.496 e. The van der Waals surface area contributed by atoms with Gasteiger partial charge in [-0.05, 0) is 38.8 Å². The molecule has 1 atom stereocenters. The summed E-state index contributed by atoms with van der Waals surface area (Å²) in [5.74, 6) is 0.894. The Hall–Kier alpha value is -0.360. The van der Waals surface area contributed by atoms with E-state index in [2.05, 4.69) is 27.4 Å². The van der Waals surface area contributed by atoms with Gasteiger partial charge in [0.2, 0.25) is 0 Å². The summed E-state index contributed by atoms with van der Waals surface area (Å²) in [7, 11) is 1.68. The van der Waals surface area contributed by atoms with Crippen molar-refractivity contribution in [1.82, 2.24) is 0 Å². The summed E-state index contributed by atoms with van der Waals surface area (Å²) < 4.78 is 6.42. The molecule has 16 heavy (non-hydrogen) atoms. The molecule has 0 aromatic carbocycles. The molecule has 1 unspecified atom stereocenters. The Morgan fingerprint density at radius 3 is 2.75 bits per heavy atom. The van der Waals surface area contributed by atoms with Gasteiger partial charge in [-0.1, -0.05) is 0 Å². The second-order valence-electron chi connectivity index (χ2n) is 3.36. The number of halogens is 1. The first-order valence-electron chi connectivity index (χ1n) is 4.81. The number of hydrogen-bond donors (Lipinski definition) is 1. The molecule has 2 aromatic heterocycles. The fourth-order valence-corrected chi connectivity index (χ4v) is 3.95. The Morgan fingerprint density at radius 1 is 1.38 bits per heavy atom. The maximum absolute atomic E-state index is 6.19. The van der Waals surface area contributed by atoms with Gasteiger partial charge < -0.3 is 10.5 Å². The van der Waals surface area contributed by atoms with Crippen LogP contribution < -0.4 is 10.5 Å². The molecule has 0 saturated carbocycles. The molecule has 2 heterocycles. The average Bonchev–Trinajstić information content (AvgIpc) is 2.87. The van der Waals surface area contributed by atoms with E-state index in [1.54, 1.807) is 29.8 Å². The molecule has 0 fully saturated rings. The van der Waals surface area contributed by atoms with Crippen molar-refractivity contribution in [3.63, 3.8) is 0 Å². The minimum Gasteiger partial charge on any atom is -0.496 e. The number of thiophene rings is 2. The molecule has 0 amide bonds. The Labute approximate surface area is 111 Å². The summed E-state index contributed by atoms with van der Waals surface area (Å²) in [6.45, 7) is 0. The minimum atomic E-state index is 0.00454. The molecule has 5 heteroatoms. The molecular formula is C11H12BrNOS2. The lowest BCUT2D eigenvalue weighted by atomic mass is 10.1. The fraction of sp³-hybridized carbons (Fsp3) is 0.273. The van der Waals surface area contributed by atoms with Gasteiger partial charge in [0.1, 0.15) is 5.75 Å². The lowest BCUT2D eigenvalue weighted by Gasteiger charge is -2.11. The zero-order chi connectivity index (χ0) is 11.5. The smallest absolute Gasteiger partial charge is 0.134 e. The standard InChI is InChI=1S/C11H12BrNOS2/c1-14-9-3-5-16-11(9)8(13)6-10-7(12)2-4-15-10/h2-5,8H,6,13H2,1H3. The molecule has 0 aliphatic rings. The van der Waals surface area contributed by atoms with Crippen LogP contribution >= 0.6 is 38.6 Å². The van der Waals surface area contributed by atoms with Gasteiger partial charge in [-0.3, -0.25) is 0 Å². The SMILES string of the molecule is COc1ccsc1C(N)Cc1sccc1Br. The molecule has 2 aromatic rings. The predicted molar refractivity (Wildman–Crippen MR) is 73.5 cm³/mol. The highest BCUT2D eigenvalue weighted by Gasteiger charge is 2.15. The average molecular weight is 318 g/mol. The molecular weight excluding hydrogens is 306 g/mol. The van der Waals surface area contributed by atoms with Crippen molar-refractivity contribution < 1.29 is 4.74 Å². The van der Waals surface area contributed by atoms with Crippen LogP contribution in [-0.2, 0) is 6.42 Å². The summed E-state index contributed by atoms with van der Waals surface area (Å²) in [6.07, 6.45) is 0.842. The van der Waals surface area contributed by atoms with Crippen molar-refractivity contribution in [3.8, 4) is 5.75 Å². The van der Waals surface area contributed by atoms with Crippen LogP contribution in [0.15, 0.2) is 27.4 Å². The molecule has 0 aliphatic carbocycles. The van der Waals surface area contributed by atoms with Crippen LogP contribution in [-0.4, -0.2) is 7.11 Å². The van der Waals surface area contributed by atoms with Gasteiger partial charge >= 0.3 is 0 Å². The van der Waals surface area contributed by atoms with Crippen LogP contribution in [0.25, 0.3) is 0 Å². The van der Waals surface area contributed by atoms with Crippen molar-refractivity contribution in [2.75, 3.05) is 7.11 Å². The van der Waals surface area contributed by atoms with E-state index >= 15 is 0 Å². The number of nitrogens with two attached hydrogens (primary N) is 1. The quantitative estimate of drug-likeness (QED) is 0.930. The first kappa shape index (κ1) is 12.1. The van der Waals surface area contributed by atoms with Gasteiger partial charge in [-0.2, -0.15) is 0 Å². The highest BCUT2D eigenvalue weighted by atomic mass is 79.9. The van der Waals surface area contributed by atoms with E-state index in [-0.39, 0.29) is 6.04 Å². The van der Waals surface area contributed by atoms with Crippen molar-refractivity contribution in [3.05, 3.63) is 37.1 Å². The summed E-state index contributed by atoms with van der Waals surface area (Å²) in [6, 6.07) is 4.02. The summed E-state index contributed by atoms with van der Waals surface area (Å²) in [5.41, 5.74) is 6.19. The third kappa shape index (κ3) is 2.48. The zero-order valence-electron chi connectivity index (χ0n) is 8.77. The molecule has 0 spiro atoms. The van der Waals surface area contributed by atoms with Crippen molar-refractivity contribution in [2.45, 2.75) is 12.5 Å². The van der Waals surface area contributed by atoms with Gasteiger partial charge in [0.15, 0.2) is 0 Å². The number of hydrogen-bond acceptors (Lipinski definition) is 4. The third-order valence-electron chi connectivity index (χ3n) is 2.31. The molecule has 0 saturated heterocycles.